The number of aromatic amines is 1. The second kappa shape index (κ2) is 8.94. The SMILES string of the molecule is Cc1cn(-c2cc(C(=O)Nc3ccc4ccn(C(=O)c5cnc6[nH]ncc6c5)c4c3)cc(C(F)(F)F)c2)cn1. The van der Waals surface area contributed by atoms with Crippen molar-refractivity contribution in [1.29, 1.82) is 0 Å². The second-order valence-electron chi connectivity index (χ2n) is 8.94. The lowest BCUT2D eigenvalue weighted by atomic mass is 10.1. The maximum atomic E-state index is 13.6. The van der Waals surface area contributed by atoms with Crippen molar-refractivity contribution in [3.63, 3.8) is 0 Å². The van der Waals surface area contributed by atoms with E-state index in [-0.39, 0.29) is 17.2 Å². The van der Waals surface area contributed by atoms with Crippen LogP contribution >= 0.6 is 0 Å². The molecule has 0 spiro atoms. The number of nitrogens with zero attached hydrogens (tertiary/aromatic N) is 5. The number of carbonyl (C=O) groups is 2. The topological polar surface area (TPSA) is 110 Å². The first-order chi connectivity index (χ1) is 18.7. The number of hydrogen-bond acceptors (Lipinski definition) is 5. The van der Waals surface area contributed by atoms with E-state index in [2.05, 4.69) is 25.5 Å². The van der Waals surface area contributed by atoms with Crippen LogP contribution in [-0.4, -0.2) is 41.1 Å². The van der Waals surface area contributed by atoms with E-state index in [1.807, 2.05) is 0 Å². The fourth-order valence-electron chi connectivity index (χ4n) is 4.30. The molecular weight excluding hydrogens is 511 g/mol. The molecule has 0 unspecified atom stereocenters. The van der Waals surface area contributed by atoms with Crippen LogP contribution in [0, 0.1) is 6.92 Å². The van der Waals surface area contributed by atoms with Gasteiger partial charge in [0.05, 0.1) is 34.9 Å². The van der Waals surface area contributed by atoms with Crippen molar-refractivity contribution >= 4 is 39.4 Å². The highest BCUT2D eigenvalue weighted by molar-refractivity contribution is 6.07. The molecule has 2 N–H and O–H groups in total. The normalized spacial score (nSPS) is 11.8. The highest BCUT2D eigenvalue weighted by atomic mass is 19.4. The van der Waals surface area contributed by atoms with Crippen LogP contribution in [0.5, 0.6) is 0 Å². The van der Waals surface area contributed by atoms with Crippen LogP contribution in [0.4, 0.5) is 18.9 Å². The van der Waals surface area contributed by atoms with Gasteiger partial charge in [-0.2, -0.15) is 18.3 Å². The van der Waals surface area contributed by atoms with Gasteiger partial charge in [-0.3, -0.25) is 19.3 Å². The lowest BCUT2D eigenvalue weighted by Gasteiger charge is -2.13. The quantitative estimate of drug-likeness (QED) is 0.319. The molecule has 0 atom stereocenters. The van der Waals surface area contributed by atoms with Gasteiger partial charge in [0.1, 0.15) is 0 Å². The fraction of sp³-hybridized carbons (Fsp3) is 0.0741. The Bertz CT molecular complexity index is 1900. The number of hydrogen-bond donors (Lipinski definition) is 2. The zero-order valence-corrected chi connectivity index (χ0v) is 20.2. The summed E-state index contributed by atoms with van der Waals surface area (Å²) in [7, 11) is 0. The molecule has 1 amide bonds. The van der Waals surface area contributed by atoms with Gasteiger partial charge in [-0.25, -0.2) is 9.97 Å². The third kappa shape index (κ3) is 4.52. The number of imidazole rings is 1. The minimum absolute atomic E-state index is 0.147. The number of benzene rings is 2. The first-order valence-electron chi connectivity index (χ1n) is 11.7. The van der Waals surface area contributed by atoms with Gasteiger partial charge in [0, 0.05) is 46.3 Å². The number of alkyl halides is 3. The molecule has 9 nitrogen and oxygen atoms in total. The zero-order valence-electron chi connectivity index (χ0n) is 20.2. The van der Waals surface area contributed by atoms with Gasteiger partial charge < -0.3 is 9.88 Å². The van der Waals surface area contributed by atoms with Gasteiger partial charge in [0.15, 0.2) is 5.65 Å². The Morgan fingerprint density at radius 1 is 0.949 bits per heavy atom. The van der Waals surface area contributed by atoms with Crippen molar-refractivity contribution in [3.05, 3.63) is 102 Å². The molecule has 4 heterocycles. The summed E-state index contributed by atoms with van der Waals surface area (Å²) < 4.78 is 43.7. The third-order valence-corrected chi connectivity index (χ3v) is 6.23. The summed E-state index contributed by atoms with van der Waals surface area (Å²) in [5, 5.41) is 10.7. The van der Waals surface area contributed by atoms with E-state index in [0.717, 1.165) is 17.5 Å². The van der Waals surface area contributed by atoms with Crippen LogP contribution in [-0.2, 0) is 6.18 Å². The number of aromatic nitrogens is 6. The van der Waals surface area contributed by atoms with Gasteiger partial charge >= 0.3 is 6.18 Å². The van der Waals surface area contributed by atoms with Crippen molar-refractivity contribution < 1.29 is 22.8 Å². The predicted molar refractivity (Wildman–Crippen MR) is 137 cm³/mol. The Labute approximate surface area is 217 Å². The molecule has 2 aromatic carbocycles. The molecule has 6 aromatic rings. The molecule has 0 aliphatic carbocycles. The average molecular weight is 529 g/mol. The molecule has 0 bridgehead atoms. The molecule has 6 rings (SSSR count). The molecule has 39 heavy (non-hydrogen) atoms. The highest BCUT2D eigenvalue weighted by Gasteiger charge is 2.32. The zero-order chi connectivity index (χ0) is 27.3. The molecule has 0 fully saturated rings. The summed E-state index contributed by atoms with van der Waals surface area (Å²) in [6.07, 6.45) is 2.89. The summed E-state index contributed by atoms with van der Waals surface area (Å²) in [6.45, 7) is 1.71. The van der Waals surface area contributed by atoms with Crippen LogP contribution in [0.2, 0.25) is 0 Å². The Hall–Kier alpha value is -5.26. The van der Waals surface area contributed by atoms with E-state index in [1.54, 1.807) is 55.8 Å². The molecule has 0 saturated carbocycles. The van der Waals surface area contributed by atoms with E-state index >= 15 is 0 Å². The summed E-state index contributed by atoms with van der Waals surface area (Å²) in [5.74, 6) is -1.08. The Kier molecular flexibility index (Phi) is 5.52. The van der Waals surface area contributed by atoms with E-state index in [0.29, 0.717) is 33.5 Å². The molecule has 0 aliphatic heterocycles. The standard InChI is InChI=1S/C27H18F3N7O2/c1-15-13-36(14-32-15)22-8-17(7-20(9-22)27(28,29)30)25(38)34-21-3-2-16-4-5-37(23(16)10-21)26(39)19-6-18-12-33-35-24(18)31-11-19/h2-14H,1H3,(H,34,38)(H,31,33,35). The molecular formula is C27H18F3N7O2. The average Bonchev–Trinajstić information content (AvgIpc) is 3.66. The van der Waals surface area contributed by atoms with Gasteiger partial charge in [-0.1, -0.05) is 6.07 Å². The maximum absolute atomic E-state index is 13.6. The Balaban J connectivity index is 1.33. The molecule has 4 aromatic heterocycles. The minimum Gasteiger partial charge on any atom is -0.322 e. The lowest BCUT2D eigenvalue weighted by Crippen LogP contribution is -2.15. The fourth-order valence-corrected chi connectivity index (χ4v) is 4.30. The van der Waals surface area contributed by atoms with Crippen molar-refractivity contribution in [2.24, 2.45) is 0 Å². The largest absolute Gasteiger partial charge is 0.416 e. The van der Waals surface area contributed by atoms with Crippen LogP contribution in [0.15, 0.2) is 79.6 Å². The van der Waals surface area contributed by atoms with Crippen LogP contribution < -0.4 is 5.32 Å². The number of halogens is 3. The monoisotopic (exact) mass is 529 g/mol. The van der Waals surface area contributed by atoms with E-state index < -0.39 is 17.6 Å². The summed E-state index contributed by atoms with van der Waals surface area (Å²) in [4.78, 5) is 34.6. The van der Waals surface area contributed by atoms with Gasteiger partial charge in [-0.05, 0) is 49.4 Å². The maximum Gasteiger partial charge on any atom is 0.416 e. The molecule has 0 saturated heterocycles. The first kappa shape index (κ1) is 24.1. The van der Waals surface area contributed by atoms with Crippen molar-refractivity contribution in [1.82, 2.24) is 29.3 Å². The Morgan fingerprint density at radius 3 is 2.56 bits per heavy atom. The van der Waals surface area contributed by atoms with Gasteiger partial charge in [0.25, 0.3) is 11.8 Å². The molecule has 194 valence electrons. The molecule has 12 heteroatoms. The van der Waals surface area contributed by atoms with Crippen LogP contribution in [0.3, 0.4) is 0 Å². The van der Waals surface area contributed by atoms with E-state index in [1.165, 1.54) is 27.7 Å². The summed E-state index contributed by atoms with van der Waals surface area (Å²) in [6, 6.07) is 11.4. The predicted octanol–water partition coefficient (Wildman–Crippen LogP) is 5.37. The summed E-state index contributed by atoms with van der Waals surface area (Å²) in [5.41, 5.74) is 1.31. The van der Waals surface area contributed by atoms with Gasteiger partial charge in [0.2, 0.25) is 0 Å². The number of aryl methyl sites for hydroxylation is 1. The smallest absolute Gasteiger partial charge is 0.322 e. The Morgan fingerprint density at radius 2 is 1.79 bits per heavy atom. The molecule has 0 radical (unpaired) electrons. The number of pyridine rings is 1. The van der Waals surface area contributed by atoms with Crippen molar-refractivity contribution in [3.8, 4) is 5.69 Å². The van der Waals surface area contributed by atoms with Crippen LogP contribution in [0.1, 0.15) is 32.0 Å². The van der Waals surface area contributed by atoms with Crippen molar-refractivity contribution in [2.45, 2.75) is 13.1 Å². The lowest BCUT2D eigenvalue weighted by molar-refractivity contribution is -0.137. The first-order valence-corrected chi connectivity index (χ1v) is 11.7. The number of rotatable bonds is 4. The second-order valence-corrected chi connectivity index (χ2v) is 8.94. The number of carbonyl (C=O) groups excluding carboxylic acids is 2. The summed E-state index contributed by atoms with van der Waals surface area (Å²) >= 11 is 0. The van der Waals surface area contributed by atoms with E-state index in [9.17, 15) is 22.8 Å². The number of H-pyrrole nitrogens is 1. The number of nitrogens with one attached hydrogen (secondary N) is 2. The van der Waals surface area contributed by atoms with E-state index in [4.69, 9.17) is 0 Å². The number of fused-ring (bicyclic) bond motifs is 2. The van der Waals surface area contributed by atoms with Crippen molar-refractivity contribution in [2.75, 3.05) is 5.32 Å². The molecule has 0 aliphatic rings. The minimum atomic E-state index is -4.66. The van der Waals surface area contributed by atoms with Crippen LogP contribution in [0.25, 0.3) is 27.6 Å². The number of anilines is 1. The third-order valence-electron chi connectivity index (χ3n) is 6.23. The highest BCUT2D eigenvalue weighted by Crippen LogP contribution is 2.32. The number of amides is 1. The van der Waals surface area contributed by atoms with Gasteiger partial charge in [-0.15, -0.1) is 0 Å².